The van der Waals surface area contributed by atoms with Gasteiger partial charge in [0, 0.05) is 12.8 Å². The van der Waals surface area contributed by atoms with Crippen molar-refractivity contribution < 1.29 is 42.9 Å². The first-order chi connectivity index (χ1) is 48.6. The summed E-state index contributed by atoms with van der Waals surface area (Å²) in [6.45, 7) is 4.49. The Hall–Kier alpha value is -5.61. The Morgan fingerprint density at radius 3 is 0.808 bits per heavy atom. The number of hydrogen-bond acceptors (Lipinski definition) is 8. The Kier molecular flexibility index (Phi) is 73.7. The van der Waals surface area contributed by atoms with E-state index in [4.69, 9.17) is 18.9 Å². The van der Waals surface area contributed by atoms with Crippen LogP contribution in [0.15, 0.2) is 182 Å². The number of quaternary nitrogens is 1. The molecule has 9 nitrogen and oxygen atoms in total. The number of aliphatic carboxylic acids is 1. The molecule has 2 unspecified atom stereocenters. The third-order valence-electron chi connectivity index (χ3n) is 16.6. The summed E-state index contributed by atoms with van der Waals surface area (Å²) in [6, 6.07) is 0. The number of ether oxygens (including phenoxy) is 4. The zero-order valence-electron chi connectivity index (χ0n) is 64.0. The first kappa shape index (κ1) is 93.4. The number of allylic oxidation sites excluding steroid dienone is 30. The van der Waals surface area contributed by atoms with Gasteiger partial charge in [0.25, 0.3) is 0 Å². The van der Waals surface area contributed by atoms with Crippen LogP contribution in [0.5, 0.6) is 0 Å². The summed E-state index contributed by atoms with van der Waals surface area (Å²) in [4.78, 5) is 37.6. The van der Waals surface area contributed by atoms with Gasteiger partial charge in [-0.15, -0.1) is 0 Å². The molecule has 0 aliphatic heterocycles. The van der Waals surface area contributed by atoms with E-state index in [1.165, 1.54) is 135 Å². The van der Waals surface area contributed by atoms with Crippen LogP contribution in [0.3, 0.4) is 0 Å². The average molecular weight is 1370 g/mol. The van der Waals surface area contributed by atoms with E-state index in [9.17, 15) is 19.5 Å². The Labute approximate surface area is 609 Å². The summed E-state index contributed by atoms with van der Waals surface area (Å²) in [5, 5.41) is 11.9. The molecular weight excluding hydrogens is 1220 g/mol. The number of hydrogen-bond donors (Lipinski definition) is 0. The Bertz CT molecular complexity index is 2290. The van der Waals surface area contributed by atoms with Crippen molar-refractivity contribution in [3.63, 3.8) is 0 Å². The zero-order valence-corrected chi connectivity index (χ0v) is 64.0. The summed E-state index contributed by atoms with van der Waals surface area (Å²) in [5.41, 5.74) is 0. The van der Waals surface area contributed by atoms with Gasteiger partial charge in [-0.05, 0) is 135 Å². The van der Waals surface area contributed by atoms with Gasteiger partial charge < -0.3 is 33.3 Å². The second-order valence-electron chi connectivity index (χ2n) is 27.2. The van der Waals surface area contributed by atoms with E-state index in [-0.39, 0.29) is 38.6 Å². The topological polar surface area (TPSA) is 111 Å². The Morgan fingerprint density at radius 1 is 0.303 bits per heavy atom. The lowest BCUT2D eigenvalue weighted by Crippen LogP contribution is -2.44. The van der Waals surface area contributed by atoms with Gasteiger partial charge in [-0.25, -0.2) is 0 Å². The van der Waals surface area contributed by atoms with Gasteiger partial charge >= 0.3 is 11.9 Å². The molecule has 9 heteroatoms. The molecule has 0 aliphatic rings. The smallest absolute Gasteiger partial charge is 0.306 e. The van der Waals surface area contributed by atoms with Crippen LogP contribution in [0.2, 0.25) is 0 Å². The van der Waals surface area contributed by atoms with Crippen molar-refractivity contribution >= 4 is 17.9 Å². The number of nitrogens with zero attached hydrogens (tertiary/aromatic N) is 1. The number of unbranched alkanes of at least 4 members (excludes halogenated alkanes) is 27. The minimum Gasteiger partial charge on any atom is -0.545 e. The molecule has 0 bridgehead atoms. The maximum Gasteiger partial charge on any atom is 0.306 e. The molecule has 0 heterocycles. The summed E-state index contributed by atoms with van der Waals surface area (Å²) >= 11 is 0. The van der Waals surface area contributed by atoms with Crippen molar-refractivity contribution in [1.29, 1.82) is 0 Å². The number of carboxylic acids is 1. The highest BCUT2D eigenvalue weighted by Crippen LogP contribution is 2.18. The van der Waals surface area contributed by atoms with Crippen LogP contribution < -0.4 is 5.11 Å². The van der Waals surface area contributed by atoms with E-state index < -0.39 is 24.3 Å². The highest BCUT2D eigenvalue weighted by Gasteiger charge is 2.22. The molecule has 560 valence electrons. The lowest BCUT2D eigenvalue weighted by molar-refractivity contribution is -0.870. The van der Waals surface area contributed by atoms with Crippen LogP contribution in [0.25, 0.3) is 0 Å². The van der Waals surface area contributed by atoms with Gasteiger partial charge in [0.15, 0.2) is 12.4 Å². The first-order valence-electron chi connectivity index (χ1n) is 39.9. The fourth-order valence-electron chi connectivity index (χ4n) is 10.7. The number of carbonyl (C=O) groups is 3. The number of esters is 2. The SMILES string of the molecule is CC/C=C\C/C=C\C/C=C\C/C=C\C/C=C\C/C=C\C/C=C\C/C=C\C/C=C\C/C=C\CCCCCCC(=O)OC(COC(=O)CCCCCCCCCCCCCCCCCCCCCCCCC/C=C\C/C=C\C/C=C\C/C=C\C/C=C\CC)COC(OCC[N+](C)(C)C)C(=O)[O-]. The summed E-state index contributed by atoms with van der Waals surface area (Å²) in [7, 11) is 5.92. The first-order valence-corrected chi connectivity index (χ1v) is 39.9. The lowest BCUT2D eigenvalue weighted by atomic mass is 10.0. The molecule has 0 N–H and O–H groups in total. The van der Waals surface area contributed by atoms with E-state index in [1.807, 2.05) is 21.1 Å². The molecule has 0 saturated carbocycles. The monoisotopic (exact) mass is 1370 g/mol. The largest absolute Gasteiger partial charge is 0.545 e. The average Bonchev–Trinajstić information content (AvgIpc) is 1.16. The minimum absolute atomic E-state index is 0.135. The van der Waals surface area contributed by atoms with Gasteiger partial charge in [-0.3, -0.25) is 9.59 Å². The predicted octanol–water partition coefficient (Wildman–Crippen LogP) is 24.6. The van der Waals surface area contributed by atoms with Crippen LogP contribution >= 0.6 is 0 Å². The molecule has 0 amide bonds. The van der Waals surface area contributed by atoms with E-state index >= 15 is 0 Å². The number of carboxylic acid groups (broad SMARTS) is 1. The molecule has 99 heavy (non-hydrogen) atoms. The van der Waals surface area contributed by atoms with Crippen molar-refractivity contribution in [2.45, 2.75) is 322 Å². The minimum atomic E-state index is -1.64. The van der Waals surface area contributed by atoms with Crippen molar-refractivity contribution in [3.05, 3.63) is 182 Å². The van der Waals surface area contributed by atoms with Gasteiger partial charge in [0.1, 0.15) is 13.2 Å². The third-order valence-corrected chi connectivity index (χ3v) is 16.6. The van der Waals surface area contributed by atoms with Gasteiger partial charge in [-0.2, -0.15) is 0 Å². The van der Waals surface area contributed by atoms with Crippen LogP contribution in [-0.2, 0) is 33.3 Å². The van der Waals surface area contributed by atoms with E-state index in [2.05, 4.69) is 196 Å². The quantitative estimate of drug-likeness (QED) is 0.0195. The molecular formula is C90H147NO8. The highest BCUT2D eigenvalue weighted by atomic mass is 16.7. The van der Waals surface area contributed by atoms with Crippen molar-refractivity contribution in [2.24, 2.45) is 0 Å². The maximum absolute atomic E-state index is 13.0. The molecule has 0 saturated heterocycles. The van der Waals surface area contributed by atoms with E-state index in [0.29, 0.717) is 17.4 Å². The third kappa shape index (κ3) is 79.6. The van der Waals surface area contributed by atoms with Crippen molar-refractivity contribution in [1.82, 2.24) is 0 Å². The second kappa shape index (κ2) is 78.1. The zero-order chi connectivity index (χ0) is 71.8. The standard InChI is InChI=1S/C90H147NO8/c1-6-8-10-12-14-16-18-20-22-24-26-28-30-32-34-36-38-40-42-43-44-45-47-48-50-52-54-56-58-60-62-64-66-68-70-72-74-76-78-80-87(92)97-84-86(85-98-90(89(94)95)96-83-82-91(3,4)5)99-88(93)81-79-77-75-73-71-69-67-65-63-61-59-57-55-53-51-49-46-41-39-37-35-33-31-29-27-25-23-21-19-17-15-13-11-9-7-2/h8-11,14-17,20-23,26-29,32-35,39,41,49,51,55,57,61,63,67,69,86,90H,6-7,12-13,18-19,24-25,30-31,36-38,40,42-48,50,52-54,56,58-60,62,64-66,68,70-85H2,1-5H3/b10-8-,11-9-,16-14-,17-15-,22-20-,23-21-,28-26-,29-27-,34-32-,35-33-,41-39-,51-49-,57-55-,63-61-,69-67-. The molecule has 0 fully saturated rings. The Balaban J connectivity index is 4.11. The normalized spacial score (nSPS) is 13.7. The van der Waals surface area contributed by atoms with E-state index in [1.54, 1.807) is 0 Å². The summed E-state index contributed by atoms with van der Waals surface area (Å²) < 4.78 is 22.8. The predicted molar refractivity (Wildman–Crippen MR) is 425 cm³/mol. The van der Waals surface area contributed by atoms with E-state index in [0.717, 1.165) is 141 Å². The van der Waals surface area contributed by atoms with Gasteiger partial charge in [0.2, 0.25) is 0 Å². The van der Waals surface area contributed by atoms with Crippen LogP contribution in [0, 0.1) is 0 Å². The summed E-state index contributed by atoms with van der Waals surface area (Å²) in [6.07, 6.45) is 116. The number of rotatable bonds is 72. The molecule has 0 spiro atoms. The fraction of sp³-hybridized carbons (Fsp3) is 0.633. The molecule has 0 aromatic heterocycles. The van der Waals surface area contributed by atoms with Crippen LogP contribution in [0.4, 0.5) is 0 Å². The number of likely N-dealkylation sites (N-methyl/N-ethyl adjacent to an activating group) is 1. The fourth-order valence-corrected chi connectivity index (χ4v) is 10.7. The van der Waals surface area contributed by atoms with Gasteiger partial charge in [-0.1, -0.05) is 344 Å². The van der Waals surface area contributed by atoms with Crippen molar-refractivity contribution in [3.8, 4) is 0 Å². The van der Waals surface area contributed by atoms with Crippen molar-refractivity contribution in [2.75, 3.05) is 47.5 Å². The van der Waals surface area contributed by atoms with Crippen LogP contribution in [0.1, 0.15) is 309 Å². The van der Waals surface area contributed by atoms with Crippen LogP contribution in [-0.4, -0.2) is 82.3 Å². The number of carbonyl (C=O) groups excluding carboxylic acids is 3. The molecule has 0 radical (unpaired) electrons. The highest BCUT2D eigenvalue weighted by molar-refractivity contribution is 5.70. The lowest BCUT2D eigenvalue weighted by Gasteiger charge is -2.26. The summed E-state index contributed by atoms with van der Waals surface area (Å²) in [5.74, 6) is -2.32. The molecule has 0 aromatic rings. The molecule has 2 atom stereocenters. The second-order valence-corrected chi connectivity index (χ2v) is 27.2. The Morgan fingerprint density at radius 2 is 0.545 bits per heavy atom. The maximum atomic E-state index is 13.0. The molecule has 0 aromatic carbocycles. The van der Waals surface area contributed by atoms with Gasteiger partial charge in [0.05, 0.1) is 40.3 Å². The molecule has 0 rings (SSSR count). The molecule has 0 aliphatic carbocycles.